The largest absolute Gasteiger partial charge is 0.497 e. The van der Waals surface area contributed by atoms with Gasteiger partial charge in [0.05, 0.1) is 20.1 Å². The Kier molecular flexibility index (Phi) is 7.35. The van der Waals surface area contributed by atoms with Crippen molar-refractivity contribution in [3.63, 3.8) is 0 Å². The minimum absolute atomic E-state index is 0.114. The van der Waals surface area contributed by atoms with Crippen LogP contribution in [0.1, 0.15) is 21.5 Å². The van der Waals surface area contributed by atoms with Crippen LogP contribution in [-0.2, 0) is 17.8 Å². The predicted molar refractivity (Wildman–Crippen MR) is 135 cm³/mol. The lowest BCUT2D eigenvalue weighted by Crippen LogP contribution is -2.30. The van der Waals surface area contributed by atoms with Crippen LogP contribution < -0.4 is 15.0 Å². The van der Waals surface area contributed by atoms with E-state index in [2.05, 4.69) is 5.32 Å². The maximum Gasteiger partial charge on any atom is 0.258 e. The molecule has 0 saturated carbocycles. The van der Waals surface area contributed by atoms with Crippen LogP contribution in [0, 0.1) is 0 Å². The van der Waals surface area contributed by atoms with Crippen molar-refractivity contribution in [2.75, 3.05) is 17.3 Å². The maximum atomic E-state index is 13.6. The van der Waals surface area contributed by atoms with E-state index in [4.69, 9.17) is 4.74 Å². The number of carbonyl (C=O) groups is 2. The summed E-state index contributed by atoms with van der Waals surface area (Å²) in [6, 6.07) is 33.9. The standard InChI is InChI=1S/C29H26N2O3/c1-34-27-17-9-13-24(20-27)29(33)31(21-22-10-4-2-5-11-22)26-16-8-12-23(18-26)19-28(32)30-25-14-6-3-7-15-25/h2-18,20H,19,21H2,1H3,(H,30,32). The van der Waals surface area contributed by atoms with Gasteiger partial charge in [0.25, 0.3) is 5.91 Å². The quantitative estimate of drug-likeness (QED) is 0.373. The van der Waals surface area contributed by atoms with Crippen LogP contribution in [0.25, 0.3) is 0 Å². The number of hydrogen-bond acceptors (Lipinski definition) is 3. The average molecular weight is 451 g/mol. The maximum absolute atomic E-state index is 13.6. The molecule has 0 spiro atoms. The van der Waals surface area contributed by atoms with E-state index in [1.165, 1.54) is 0 Å². The summed E-state index contributed by atoms with van der Waals surface area (Å²) in [5.41, 5.74) is 3.83. The Hall–Kier alpha value is -4.38. The van der Waals surface area contributed by atoms with Crippen LogP contribution in [0.5, 0.6) is 5.75 Å². The Labute approximate surface area is 199 Å². The molecule has 0 heterocycles. The monoisotopic (exact) mass is 450 g/mol. The normalized spacial score (nSPS) is 10.4. The fraction of sp³-hybridized carbons (Fsp3) is 0.103. The molecule has 0 saturated heterocycles. The summed E-state index contributed by atoms with van der Waals surface area (Å²) in [6.07, 6.45) is 0.204. The summed E-state index contributed by atoms with van der Waals surface area (Å²) >= 11 is 0. The second kappa shape index (κ2) is 11.0. The Bertz CT molecular complexity index is 1260. The summed E-state index contributed by atoms with van der Waals surface area (Å²) in [5.74, 6) is 0.363. The van der Waals surface area contributed by atoms with Gasteiger partial charge in [-0.25, -0.2) is 0 Å². The number of para-hydroxylation sites is 1. The van der Waals surface area contributed by atoms with Crippen molar-refractivity contribution in [1.29, 1.82) is 0 Å². The summed E-state index contributed by atoms with van der Waals surface area (Å²) in [4.78, 5) is 27.9. The molecule has 2 amide bonds. The summed E-state index contributed by atoms with van der Waals surface area (Å²) in [5, 5.41) is 2.91. The first-order chi connectivity index (χ1) is 16.6. The summed E-state index contributed by atoms with van der Waals surface area (Å²) in [6.45, 7) is 0.399. The van der Waals surface area contributed by atoms with Crippen molar-refractivity contribution in [1.82, 2.24) is 0 Å². The number of rotatable bonds is 8. The molecule has 0 aliphatic heterocycles. The molecule has 4 rings (SSSR count). The smallest absolute Gasteiger partial charge is 0.258 e. The molecule has 0 aliphatic rings. The minimum atomic E-state index is -0.145. The van der Waals surface area contributed by atoms with Gasteiger partial charge in [-0.1, -0.05) is 66.7 Å². The van der Waals surface area contributed by atoms with E-state index >= 15 is 0 Å². The highest BCUT2D eigenvalue weighted by Gasteiger charge is 2.19. The second-order valence-electron chi connectivity index (χ2n) is 7.87. The van der Waals surface area contributed by atoms with Gasteiger partial charge >= 0.3 is 0 Å². The molecule has 34 heavy (non-hydrogen) atoms. The molecule has 0 radical (unpaired) electrons. The number of benzene rings is 4. The Morgan fingerprint density at radius 2 is 1.44 bits per heavy atom. The highest BCUT2D eigenvalue weighted by molar-refractivity contribution is 6.06. The molecule has 1 N–H and O–H groups in total. The fourth-order valence-corrected chi connectivity index (χ4v) is 3.70. The molecule has 5 nitrogen and oxygen atoms in total. The lowest BCUT2D eigenvalue weighted by atomic mass is 10.1. The van der Waals surface area contributed by atoms with Crippen molar-refractivity contribution in [2.24, 2.45) is 0 Å². The average Bonchev–Trinajstić information content (AvgIpc) is 2.88. The molecule has 0 atom stereocenters. The van der Waals surface area contributed by atoms with Crippen LogP contribution in [0.15, 0.2) is 109 Å². The van der Waals surface area contributed by atoms with Gasteiger partial charge in [-0.2, -0.15) is 0 Å². The van der Waals surface area contributed by atoms with E-state index in [1.807, 2.05) is 91.0 Å². The third-order valence-electron chi connectivity index (χ3n) is 5.39. The third-order valence-corrected chi connectivity index (χ3v) is 5.39. The van der Waals surface area contributed by atoms with Crippen molar-refractivity contribution < 1.29 is 14.3 Å². The predicted octanol–water partition coefficient (Wildman–Crippen LogP) is 5.72. The molecular formula is C29H26N2O3. The van der Waals surface area contributed by atoms with E-state index in [0.29, 0.717) is 17.9 Å². The van der Waals surface area contributed by atoms with Gasteiger partial charge in [0.15, 0.2) is 0 Å². The van der Waals surface area contributed by atoms with Gasteiger partial charge in [0.1, 0.15) is 5.75 Å². The van der Waals surface area contributed by atoms with Crippen molar-refractivity contribution >= 4 is 23.2 Å². The van der Waals surface area contributed by atoms with E-state index in [-0.39, 0.29) is 18.2 Å². The SMILES string of the molecule is COc1cccc(C(=O)N(Cc2ccccc2)c2cccc(CC(=O)Nc3ccccc3)c2)c1. The van der Waals surface area contributed by atoms with Gasteiger partial charge in [0, 0.05) is 16.9 Å². The van der Waals surface area contributed by atoms with Crippen LogP contribution in [0.2, 0.25) is 0 Å². The zero-order chi connectivity index (χ0) is 23.8. The molecule has 0 aliphatic carbocycles. The van der Waals surface area contributed by atoms with E-state index in [0.717, 1.165) is 22.5 Å². The molecule has 4 aromatic carbocycles. The first-order valence-electron chi connectivity index (χ1n) is 11.1. The van der Waals surface area contributed by atoms with Gasteiger partial charge in [0.2, 0.25) is 5.91 Å². The first kappa shape index (κ1) is 22.8. The lowest BCUT2D eigenvalue weighted by molar-refractivity contribution is -0.115. The molecule has 0 bridgehead atoms. The molecule has 0 fully saturated rings. The molecule has 0 unspecified atom stereocenters. The zero-order valence-electron chi connectivity index (χ0n) is 19.0. The second-order valence-corrected chi connectivity index (χ2v) is 7.87. The molecular weight excluding hydrogens is 424 g/mol. The number of nitrogens with zero attached hydrogens (tertiary/aromatic N) is 1. The fourth-order valence-electron chi connectivity index (χ4n) is 3.70. The van der Waals surface area contributed by atoms with E-state index in [9.17, 15) is 9.59 Å². The minimum Gasteiger partial charge on any atom is -0.497 e. The van der Waals surface area contributed by atoms with Crippen molar-refractivity contribution in [3.05, 3.63) is 126 Å². The van der Waals surface area contributed by atoms with Gasteiger partial charge < -0.3 is 15.0 Å². The Morgan fingerprint density at radius 1 is 0.765 bits per heavy atom. The summed E-state index contributed by atoms with van der Waals surface area (Å²) in [7, 11) is 1.58. The highest BCUT2D eigenvalue weighted by Crippen LogP contribution is 2.24. The van der Waals surface area contributed by atoms with Crippen LogP contribution in [0.3, 0.4) is 0 Å². The van der Waals surface area contributed by atoms with Gasteiger partial charge in [-0.15, -0.1) is 0 Å². The molecule has 4 aromatic rings. The highest BCUT2D eigenvalue weighted by atomic mass is 16.5. The zero-order valence-corrected chi connectivity index (χ0v) is 19.0. The molecule has 0 aromatic heterocycles. The van der Waals surface area contributed by atoms with Crippen molar-refractivity contribution in [2.45, 2.75) is 13.0 Å². The van der Waals surface area contributed by atoms with Crippen molar-refractivity contribution in [3.8, 4) is 5.75 Å². The van der Waals surface area contributed by atoms with Gasteiger partial charge in [-0.05, 0) is 53.6 Å². The van der Waals surface area contributed by atoms with Crippen LogP contribution in [0.4, 0.5) is 11.4 Å². The Balaban J connectivity index is 1.60. The molecule has 5 heteroatoms. The summed E-state index contributed by atoms with van der Waals surface area (Å²) < 4.78 is 5.31. The number of hydrogen-bond donors (Lipinski definition) is 1. The number of carbonyl (C=O) groups excluding carboxylic acids is 2. The van der Waals surface area contributed by atoms with E-state index in [1.54, 1.807) is 30.2 Å². The molecule has 170 valence electrons. The number of anilines is 2. The van der Waals surface area contributed by atoms with Crippen LogP contribution >= 0.6 is 0 Å². The third kappa shape index (κ3) is 5.90. The van der Waals surface area contributed by atoms with Crippen LogP contribution in [-0.4, -0.2) is 18.9 Å². The Morgan fingerprint density at radius 3 is 2.18 bits per heavy atom. The number of methoxy groups -OCH3 is 1. The first-order valence-corrected chi connectivity index (χ1v) is 11.1. The van der Waals surface area contributed by atoms with E-state index < -0.39 is 0 Å². The topological polar surface area (TPSA) is 58.6 Å². The number of ether oxygens (including phenoxy) is 1. The van der Waals surface area contributed by atoms with Gasteiger partial charge in [-0.3, -0.25) is 9.59 Å². The number of amides is 2. The number of nitrogens with one attached hydrogen (secondary N) is 1. The lowest BCUT2D eigenvalue weighted by Gasteiger charge is -2.24.